The molecule has 8 nitrogen and oxygen atoms in total. The maximum atomic E-state index is 14.0. The SMILES string of the molecule is CCN(c1cc(-c2ccc(CN3CCOCC3)cc2)cc(C(=O)NCc2c(=O)[nH]c(C)c3cc(F)ccc23)c1C)C1CCOCC1. The fourth-order valence-electron chi connectivity index (χ4n) is 6.81. The topological polar surface area (TPSA) is 86.9 Å². The van der Waals surface area contributed by atoms with Crippen molar-refractivity contribution in [2.45, 2.75) is 52.7 Å². The monoisotopic (exact) mass is 626 g/mol. The van der Waals surface area contributed by atoms with Gasteiger partial charge in [-0.25, -0.2) is 4.39 Å². The molecule has 242 valence electrons. The Morgan fingerprint density at radius 3 is 2.39 bits per heavy atom. The van der Waals surface area contributed by atoms with Crippen LogP contribution in [-0.2, 0) is 22.6 Å². The van der Waals surface area contributed by atoms with Crippen molar-refractivity contribution < 1.29 is 18.7 Å². The number of H-pyrrole nitrogens is 1. The average molecular weight is 627 g/mol. The third kappa shape index (κ3) is 6.87. The van der Waals surface area contributed by atoms with E-state index >= 15 is 0 Å². The summed E-state index contributed by atoms with van der Waals surface area (Å²) in [5, 5.41) is 4.26. The number of carbonyl (C=O) groups excluding carboxylic acids is 1. The van der Waals surface area contributed by atoms with E-state index < -0.39 is 0 Å². The molecule has 0 aliphatic carbocycles. The Balaban J connectivity index is 1.33. The number of rotatable bonds is 9. The molecule has 2 aliphatic heterocycles. The molecule has 6 rings (SSSR count). The van der Waals surface area contributed by atoms with E-state index in [0.29, 0.717) is 33.6 Å². The highest BCUT2D eigenvalue weighted by atomic mass is 19.1. The largest absolute Gasteiger partial charge is 0.381 e. The molecule has 4 aromatic rings. The number of anilines is 1. The molecule has 2 fully saturated rings. The predicted molar refractivity (Wildman–Crippen MR) is 180 cm³/mol. The number of nitrogens with one attached hydrogen (secondary N) is 2. The van der Waals surface area contributed by atoms with Crippen LogP contribution in [0.5, 0.6) is 0 Å². The first kappa shape index (κ1) is 31.9. The van der Waals surface area contributed by atoms with Crippen LogP contribution in [-0.4, -0.2) is 67.9 Å². The Labute approximate surface area is 269 Å². The minimum absolute atomic E-state index is 0.0171. The van der Waals surface area contributed by atoms with Crippen LogP contribution in [0.2, 0.25) is 0 Å². The fourth-order valence-corrected chi connectivity index (χ4v) is 6.81. The highest BCUT2D eigenvalue weighted by molar-refractivity contribution is 5.99. The van der Waals surface area contributed by atoms with Gasteiger partial charge in [-0.2, -0.15) is 0 Å². The third-order valence-electron chi connectivity index (χ3n) is 9.42. The van der Waals surface area contributed by atoms with Gasteiger partial charge in [0.25, 0.3) is 11.5 Å². The number of pyridine rings is 1. The van der Waals surface area contributed by atoms with Crippen molar-refractivity contribution in [3.05, 3.63) is 98.7 Å². The molecule has 0 spiro atoms. The van der Waals surface area contributed by atoms with Crippen LogP contribution in [0.1, 0.15) is 52.5 Å². The van der Waals surface area contributed by atoms with E-state index in [1.165, 1.54) is 17.7 Å². The lowest BCUT2D eigenvalue weighted by atomic mass is 9.94. The second-order valence-electron chi connectivity index (χ2n) is 12.3. The number of aryl methyl sites for hydroxylation is 1. The first-order valence-electron chi connectivity index (χ1n) is 16.3. The number of hydrogen-bond donors (Lipinski definition) is 2. The Bertz CT molecular complexity index is 1760. The van der Waals surface area contributed by atoms with Gasteiger partial charge in [-0.1, -0.05) is 30.3 Å². The summed E-state index contributed by atoms with van der Waals surface area (Å²) in [4.78, 5) is 34.6. The molecule has 0 unspecified atom stereocenters. The minimum Gasteiger partial charge on any atom is -0.381 e. The summed E-state index contributed by atoms with van der Waals surface area (Å²) >= 11 is 0. The molecule has 1 aromatic heterocycles. The van der Waals surface area contributed by atoms with Crippen molar-refractivity contribution in [1.29, 1.82) is 0 Å². The highest BCUT2D eigenvalue weighted by Crippen LogP contribution is 2.34. The molecule has 0 saturated carbocycles. The van der Waals surface area contributed by atoms with Gasteiger partial charge in [-0.05, 0) is 85.5 Å². The number of amides is 1. The van der Waals surface area contributed by atoms with Gasteiger partial charge in [0.2, 0.25) is 0 Å². The van der Waals surface area contributed by atoms with E-state index in [1.807, 2.05) is 13.0 Å². The maximum Gasteiger partial charge on any atom is 0.253 e. The first-order chi connectivity index (χ1) is 22.3. The normalized spacial score (nSPS) is 16.1. The Morgan fingerprint density at radius 1 is 0.957 bits per heavy atom. The molecule has 2 aliphatic rings. The lowest BCUT2D eigenvalue weighted by Crippen LogP contribution is -2.40. The van der Waals surface area contributed by atoms with Crippen molar-refractivity contribution in [2.24, 2.45) is 0 Å². The Morgan fingerprint density at radius 2 is 1.67 bits per heavy atom. The average Bonchev–Trinajstić information content (AvgIpc) is 3.07. The summed E-state index contributed by atoms with van der Waals surface area (Å²) in [7, 11) is 0. The molecule has 9 heteroatoms. The fraction of sp³-hybridized carbons (Fsp3) is 0.405. The van der Waals surface area contributed by atoms with Gasteiger partial charge in [0.05, 0.1) is 13.2 Å². The van der Waals surface area contributed by atoms with Crippen molar-refractivity contribution >= 4 is 22.4 Å². The van der Waals surface area contributed by atoms with E-state index in [0.717, 1.165) is 87.8 Å². The van der Waals surface area contributed by atoms with Crippen LogP contribution in [0, 0.1) is 19.7 Å². The predicted octanol–water partition coefficient (Wildman–Crippen LogP) is 5.72. The molecule has 46 heavy (non-hydrogen) atoms. The number of carbonyl (C=O) groups is 1. The Hall–Kier alpha value is -4.05. The summed E-state index contributed by atoms with van der Waals surface area (Å²) < 4.78 is 25.2. The van der Waals surface area contributed by atoms with E-state index in [-0.39, 0.29) is 23.8 Å². The van der Waals surface area contributed by atoms with Gasteiger partial charge >= 0.3 is 0 Å². The van der Waals surface area contributed by atoms with Crippen molar-refractivity contribution in [3.8, 4) is 11.1 Å². The van der Waals surface area contributed by atoms with Gasteiger partial charge in [-0.3, -0.25) is 14.5 Å². The molecular formula is C37H43FN4O4. The zero-order chi connectivity index (χ0) is 32.2. The number of nitrogens with zero attached hydrogens (tertiary/aromatic N) is 2. The number of halogens is 1. The number of fused-ring (bicyclic) bond motifs is 1. The van der Waals surface area contributed by atoms with E-state index in [2.05, 4.69) is 57.4 Å². The van der Waals surface area contributed by atoms with Crippen LogP contribution in [0.25, 0.3) is 21.9 Å². The highest BCUT2D eigenvalue weighted by Gasteiger charge is 2.25. The van der Waals surface area contributed by atoms with Crippen molar-refractivity contribution in [2.75, 3.05) is 51.0 Å². The van der Waals surface area contributed by atoms with Crippen LogP contribution >= 0.6 is 0 Å². The van der Waals surface area contributed by atoms with Crippen LogP contribution < -0.4 is 15.8 Å². The number of hydrogen-bond acceptors (Lipinski definition) is 6. The number of morpholine rings is 1. The van der Waals surface area contributed by atoms with Gasteiger partial charge < -0.3 is 24.7 Å². The molecule has 2 N–H and O–H groups in total. The molecule has 3 aromatic carbocycles. The van der Waals surface area contributed by atoms with E-state index in [1.54, 1.807) is 13.0 Å². The van der Waals surface area contributed by atoms with Gasteiger partial charge in [0, 0.05) is 79.9 Å². The molecule has 0 radical (unpaired) electrons. The molecular weight excluding hydrogens is 583 g/mol. The summed E-state index contributed by atoms with van der Waals surface area (Å²) in [6, 6.07) is 17.4. The van der Waals surface area contributed by atoms with Gasteiger partial charge in [0.1, 0.15) is 5.82 Å². The lowest BCUT2D eigenvalue weighted by Gasteiger charge is -2.37. The molecule has 3 heterocycles. The third-order valence-corrected chi connectivity index (χ3v) is 9.42. The maximum absolute atomic E-state index is 14.0. The summed E-state index contributed by atoms with van der Waals surface area (Å²) in [6.45, 7) is 12.4. The Kier molecular flexibility index (Phi) is 9.82. The van der Waals surface area contributed by atoms with E-state index in [4.69, 9.17) is 9.47 Å². The summed E-state index contributed by atoms with van der Waals surface area (Å²) in [6.07, 6.45) is 1.86. The zero-order valence-corrected chi connectivity index (χ0v) is 27.0. The molecule has 0 bridgehead atoms. The van der Waals surface area contributed by atoms with Crippen molar-refractivity contribution in [3.63, 3.8) is 0 Å². The molecule has 0 atom stereocenters. The van der Waals surface area contributed by atoms with E-state index in [9.17, 15) is 14.0 Å². The molecule has 1 amide bonds. The second-order valence-corrected chi connectivity index (χ2v) is 12.3. The second kappa shape index (κ2) is 14.2. The summed E-state index contributed by atoms with van der Waals surface area (Å²) in [5.41, 5.74) is 6.42. The van der Waals surface area contributed by atoms with Gasteiger partial charge in [-0.15, -0.1) is 0 Å². The quantitative estimate of drug-likeness (QED) is 0.247. The molecule has 2 saturated heterocycles. The number of ether oxygens (including phenoxy) is 2. The number of benzene rings is 3. The number of aromatic nitrogens is 1. The smallest absolute Gasteiger partial charge is 0.253 e. The van der Waals surface area contributed by atoms with Crippen LogP contribution in [0.3, 0.4) is 0 Å². The van der Waals surface area contributed by atoms with Crippen LogP contribution in [0.4, 0.5) is 10.1 Å². The summed E-state index contributed by atoms with van der Waals surface area (Å²) in [5.74, 6) is -0.639. The van der Waals surface area contributed by atoms with Crippen molar-refractivity contribution in [1.82, 2.24) is 15.2 Å². The zero-order valence-electron chi connectivity index (χ0n) is 27.0. The first-order valence-corrected chi connectivity index (χ1v) is 16.3. The standard InChI is InChI=1S/C37H43FN4O4/c1-4-42(30-11-15-45-16-12-30)35-20-28(27-7-5-26(6-8-27)23-41-13-17-46-18-14-41)19-32(24(35)2)36(43)39-22-34-31-10-9-29(38)21-33(31)25(3)40-37(34)44/h5-10,19-21,30H,4,11-18,22-23H2,1-3H3,(H,39,43)(H,40,44). The minimum atomic E-state index is -0.378. The lowest BCUT2D eigenvalue weighted by molar-refractivity contribution is 0.0342. The number of aromatic amines is 1. The van der Waals surface area contributed by atoms with Gasteiger partial charge in [0.15, 0.2) is 0 Å². The van der Waals surface area contributed by atoms with Crippen LogP contribution in [0.15, 0.2) is 59.4 Å².